The minimum atomic E-state index is -0.911. The van der Waals surface area contributed by atoms with Gasteiger partial charge in [-0.25, -0.2) is 19.1 Å². The lowest BCUT2D eigenvalue weighted by atomic mass is 9.99. The summed E-state index contributed by atoms with van der Waals surface area (Å²) in [6.07, 6.45) is 1.30. The minimum Gasteiger partial charge on any atom is -0.328 e. The summed E-state index contributed by atoms with van der Waals surface area (Å²) in [6, 6.07) is 1.91. The Morgan fingerprint density at radius 2 is 2.04 bits per heavy atom. The third-order valence-corrected chi connectivity index (χ3v) is 4.05. The fraction of sp³-hybridized carbons (Fsp3) is 0.188. The Hall–Kier alpha value is -3.18. The number of hydroxylamine groups is 1. The van der Waals surface area contributed by atoms with Gasteiger partial charge in [-0.3, -0.25) is 10.2 Å². The molecular formula is C16H14ClF2N7O2. The van der Waals surface area contributed by atoms with E-state index in [4.69, 9.17) is 16.8 Å². The van der Waals surface area contributed by atoms with E-state index in [0.29, 0.717) is 0 Å². The molecule has 3 rings (SSSR count). The Morgan fingerprint density at radius 3 is 2.64 bits per heavy atom. The van der Waals surface area contributed by atoms with Crippen LogP contribution in [-0.4, -0.2) is 36.4 Å². The summed E-state index contributed by atoms with van der Waals surface area (Å²) in [7, 11) is 1.52. The fourth-order valence-corrected chi connectivity index (χ4v) is 2.83. The molecule has 0 aliphatic rings. The van der Waals surface area contributed by atoms with Gasteiger partial charge in [-0.05, 0) is 35.9 Å². The van der Waals surface area contributed by atoms with E-state index in [1.807, 2.05) is 0 Å². The van der Waals surface area contributed by atoms with Gasteiger partial charge in [-0.1, -0.05) is 11.6 Å². The van der Waals surface area contributed by atoms with Crippen LogP contribution in [0.2, 0.25) is 5.02 Å². The van der Waals surface area contributed by atoms with Crippen LogP contribution >= 0.6 is 11.6 Å². The highest BCUT2D eigenvalue weighted by atomic mass is 35.5. The molecule has 3 N–H and O–H groups in total. The van der Waals surface area contributed by atoms with Crippen molar-refractivity contribution >= 4 is 17.6 Å². The van der Waals surface area contributed by atoms with Gasteiger partial charge >= 0.3 is 6.03 Å². The van der Waals surface area contributed by atoms with Crippen molar-refractivity contribution in [2.24, 2.45) is 7.05 Å². The predicted octanol–water partition coefficient (Wildman–Crippen LogP) is 2.62. The lowest BCUT2D eigenvalue weighted by molar-refractivity contribution is 0.159. The number of amides is 2. The molecule has 1 atom stereocenters. The van der Waals surface area contributed by atoms with Crippen LogP contribution in [-0.2, 0) is 7.05 Å². The fourth-order valence-electron chi connectivity index (χ4n) is 2.62. The van der Waals surface area contributed by atoms with Crippen molar-refractivity contribution in [3.63, 3.8) is 0 Å². The molecule has 1 aromatic carbocycles. The first-order chi connectivity index (χ1) is 13.3. The average molecular weight is 410 g/mol. The summed E-state index contributed by atoms with van der Waals surface area (Å²) in [5, 5.41) is 22.4. The highest BCUT2D eigenvalue weighted by molar-refractivity contribution is 6.31. The Kier molecular flexibility index (Phi) is 5.47. The summed E-state index contributed by atoms with van der Waals surface area (Å²) in [6.45, 7) is 1.48. The van der Waals surface area contributed by atoms with Crippen molar-refractivity contribution < 1.29 is 18.8 Å². The van der Waals surface area contributed by atoms with Gasteiger partial charge < -0.3 is 5.32 Å². The summed E-state index contributed by atoms with van der Waals surface area (Å²) in [5.74, 6) is -1.44. The summed E-state index contributed by atoms with van der Waals surface area (Å²) in [4.78, 5) is 16.3. The number of benzene rings is 1. The van der Waals surface area contributed by atoms with Crippen LogP contribution in [0.3, 0.4) is 0 Å². The zero-order valence-electron chi connectivity index (χ0n) is 14.6. The van der Waals surface area contributed by atoms with Crippen LogP contribution in [0.4, 0.5) is 13.6 Å². The van der Waals surface area contributed by atoms with Crippen molar-refractivity contribution in [1.82, 2.24) is 36.0 Å². The number of aromatic nitrogens is 5. The molecule has 2 amide bonds. The molecule has 0 fully saturated rings. The van der Waals surface area contributed by atoms with Gasteiger partial charge in [0.2, 0.25) is 5.82 Å². The zero-order chi connectivity index (χ0) is 20.4. The van der Waals surface area contributed by atoms with Crippen molar-refractivity contribution in [3.8, 4) is 22.5 Å². The van der Waals surface area contributed by atoms with E-state index in [0.717, 1.165) is 16.9 Å². The van der Waals surface area contributed by atoms with Crippen LogP contribution in [0.15, 0.2) is 24.4 Å². The zero-order valence-corrected chi connectivity index (χ0v) is 15.4. The molecule has 0 saturated heterocycles. The monoisotopic (exact) mass is 409 g/mol. The number of carbonyl (C=O) groups is 1. The number of pyridine rings is 1. The minimum absolute atomic E-state index is 0.00252. The molecule has 0 aliphatic carbocycles. The molecule has 0 radical (unpaired) electrons. The molecule has 9 nitrogen and oxygen atoms in total. The number of nitrogens with one attached hydrogen (secondary N) is 2. The molecule has 0 saturated carbocycles. The number of hydrogen-bond donors (Lipinski definition) is 3. The summed E-state index contributed by atoms with van der Waals surface area (Å²) < 4.78 is 29.2. The number of nitrogens with zero attached hydrogens (tertiary/aromatic N) is 5. The lowest BCUT2D eigenvalue weighted by Crippen LogP contribution is -2.35. The highest BCUT2D eigenvalue weighted by Gasteiger charge is 2.21. The Labute approximate surface area is 162 Å². The molecule has 0 aliphatic heterocycles. The molecule has 2 aromatic heterocycles. The number of rotatable bonds is 4. The maximum Gasteiger partial charge on any atom is 0.339 e. The van der Waals surface area contributed by atoms with Crippen molar-refractivity contribution in [3.05, 3.63) is 46.7 Å². The first kappa shape index (κ1) is 19.6. The van der Waals surface area contributed by atoms with Crippen LogP contribution in [0, 0.1) is 11.6 Å². The average Bonchev–Trinajstić information content (AvgIpc) is 3.06. The lowest BCUT2D eigenvalue weighted by Gasteiger charge is -2.15. The second-order valence-corrected chi connectivity index (χ2v) is 6.25. The third-order valence-electron chi connectivity index (χ3n) is 3.83. The molecule has 3 aromatic rings. The highest BCUT2D eigenvalue weighted by Crippen LogP contribution is 2.35. The van der Waals surface area contributed by atoms with E-state index >= 15 is 0 Å². The second kappa shape index (κ2) is 7.82. The van der Waals surface area contributed by atoms with Crippen molar-refractivity contribution in [2.75, 3.05) is 0 Å². The third kappa shape index (κ3) is 3.89. The van der Waals surface area contributed by atoms with Gasteiger partial charge in [0.25, 0.3) is 0 Å². The number of urea groups is 1. The molecule has 0 spiro atoms. The van der Waals surface area contributed by atoms with Gasteiger partial charge in [0.1, 0.15) is 11.6 Å². The number of tetrazole rings is 1. The van der Waals surface area contributed by atoms with Crippen LogP contribution in [0.1, 0.15) is 18.7 Å². The van der Waals surface area contributed by atoms with Crippen LogP contribution in [0.5, 0.6) is 0 Å². The van der Waals surface area contributed by atoms with E-state index in [2.05, 4.69) is 25.7 Å². The Morgan fingerprint density at radius 1 is 1.29 bits per heavy atom. The first-order valence-electron chi connectivity index (χ1n) is 7.90. The van der Waals surface area contributed by atoms with Gasteiger partial charge in [0.05, 0.1) is 24.3 Å². The van der Waals surface area contributed by atoms with Gasteiger partial charge in [-0.15, -0.1) is 10.2 Å². The van der Waals surface area contributed by atoms with Crippen LogP contribution in [0.25, 0.3) is 22.5 Å². The van der Waals surface area contributed by atoms with Gasteiger partial charge in [0, 0.05) is 16.8 Å². The molecule has 1 unspecified atom stereocenters. The van der Waals surface area contributed by atoms with Gasteiger partial charge in [-0.2, -0.15) is 4.80 Å². The second-order valence-electron chi connectivity index (χ2n) is 5.81. The Balaban J connectivity index is 2.07. The number of carbonyl (C=O) groups excluding carboxylic acids is 1. The van der Waals surface area contributed by atoms with E-state index < -0.39 is 23.7 Å². The standard InChI is InChI=1S/C16H14ClF2N7O2/c1-7(21-16(27)24-28)14-12(19)3-8(6-20-14)10-4-9(17)5-11(18)13(10)15-22-25-26(2)23-15/h3-7,28H,1-2H3,(H2,21,24,27). The molecule has 12 heteroatoms. The molecule has 28 heavy (non-hydrogen) atoms. The largest absolute Gasteiger partial charge is 0.339 e. The smallest absolute Gasteiger partial charge is 0.328 e. The normalized spacial score (nSPS) is 11.9. The molecule has 2 heterocycles. The quantitative estimate of drug-likeness (QED) is 0.450. The maximum atomic E-state index is 14.6. The SMILES string of the molecule is CC(NC(=O)NO)c1ncc(-c2cc(Cl)cc(F)c2-c2nnn(C)n2)cc1F. The van der Waals surface area contributed by atoms with E-state index in [1.165, 1.54) is 31.7 Å². The number of halogens is 3. The van der Waals surface area contributed by atoms with E-state index in [9.17, 15) is 13.6 Å². The van der Waals surface area contributed by atoms with Crippen molar-refractivity contribution in [2.45, 2.75) is 13.0 Å². The Bertz CT molecular complexity index is 1040. The maximum absolute atomic E-state index is 14.6. The van der Waals surface area contributed by atoms with E-state index in [1.54, 1.807) is 0 Å². The topological polar surface area (TPSA) is 118 Å². The summed E-state index contributed by atoms with van der Waals surface area (Å²) >= 11 is 5.97. The number of aryl methyl sites for hydroxylation is 1. The molecular weight excluding hydrogens is 396 g/mol. The van der Waals surface area contributed by atoms with Crippen molar-refractivity contribution in [1.29, 1.82) is 0 Å². The summed E-state index contributed by atoms with van der Waals surface area (Å²) in [5.41, 5.74) is 1.76. The molecule has 146 valence electrons. The van der Waals surface area contributed by atoms with Gasteiger partial charge in [0.15, 0.2) is 0 Å². The van der Waals surface area contributed by atoms with E-state index in [-0.39, 0.29) is 33.2 Å². The predicted molar refractivity (Wildman–Crippen MR) is 94.3 cm³/mol. The number of hydrogen-bond acceptors (Lipinski definition) is 6. The van der Waals surface area contributed by atoms with Crippen LogP contribution < -0.4 is 10.8 Å². The first-order valence-corrected chi connectivity index (χ1v) is 8.27. The molecule has 0 bridgehead atoms.